The summed E-state index contributed by atoms with van der Waals surface area (Å²) in [4.78, 5) is 11.0. The molecule has 2 saturated heterocycles. The summed E-state index contributed by atoms with van der Waals surface area (Å²) in [5.41, 5.74) is 4.99. The van der Waals surface area contributed by atoms with Crippen LogP contribution in [0.2, 0.25) is 25.5 Å². The third-order valence-electron chi connectivity index (χ3n) is 8.22. The first-order valence-corrected chi connectivity index (χ1v) is 16.5. The van der Waals surface area contributed by atoms with Gasteiger partial charge in [0, 0.05) is 12.1 Å². The normalized spacial score (nSPS) is 24.1. The van der Waals surface area contributed by atoms with Crippen LogP contribution in [0.3, 0.4) is 0 Å². The van der Waals surface area contributed by atoms with Crippen LogP contribution in [0.25, 0.3) is 0 Å². The Bertz CT molecular complexity index is 1080. The van der Waals surface area contributed by atoms with Crippen molar-refractivity contribution >= 4 is 20.7 Å². The Morgan fingerprint density at radius 1 is 1.06 bits per heavy atom. The van der Waals surface area contributed by atoms with Crippen LogP contribution in [-0.2, 0) is 10.3 Å². The van der Waals surface area contributed by atoms with Crippen LogP contribution in [0.4, 0.5) is 5.69 Å². The lowest BCUT2D eigenvalue weighted by molar-refractivity contribution is -0.384. The average molecular weight is 488 g/mol. The quantitative estimate of drug-likeness (QED) is 0.172. The summed E-state index contributed by atoms with van der Waals surface area (Å²) >= 11 is 0. The van der Waals surface area contributed by atoms with Crippen LogP contribution in [0.1, 0.15) is 62.4 Å². The van der Waals surface area contributed by atoms with Gasteiger partial charge in [0.25, 0.3) is 5.69 Å². The number of nitrogens with zero attached hydrogens (tertiary/aromatic N) is 1. The van der Waals surface area contributed by atoms with Crippen molar-refractivity contribution < 1.29 is 9.58 Å². The Hall–Kier alpha value is -2.40. The molecule has 2 heterocycles. The fraction of sp³-hybridized carbons (Fsp3) is 0.483. The molecule has 0 unspecified atom stereocenters. The minimum absolute atomic E-state index is 0.0762. The second kappa shape index (κ2) is 10.3. The van der Waals surface area contributed by atoms with Crippen LogP contribution < -0.4 is 0 Å². The number of nitro benzene ring substituents is 1. The fourth-order valence-corrected chi connectivity index (χ4v) is 8.89. The largest absolute Gasteiger partial charge is 0.422 e. The van der Waals surface area contributed by atoms with E-state index in [0.717, 1.165) is 10.8 Å². The van der Waals surface area contributed by atoms with Gasteiger partial charge in [-0.25, -0.2) is 0 Å². The second-order valence-corrected chi connectivity index (χ2v) is 16.5. The molecule has 0 N–H and O–H groups in total. The summed E-state index contributed by atoms with van der Waals surface area (Å²) in [5, 5.41) is 12.5. The van der Waals surface area contributed by atoms with Crippen molar-refractivity contribution in [3.63, 3.8) is 0 Å². The molecule has 0 aromatic heterocycles. The highest BCUT2D eigenvalue weighted by atomic mass is 28.3. The van der Waals surface area contributed by atoms with Gasteiger partial charge >= 0.3 is 6.92 Å². The van der Waals surface area contributed by atoms with Crippen molar-refractivity contribution in [2.45, 2.75) is 82.3 Å². The van der Waals surface area contributed by atoms with E-state index in [1.54, 1.807) is 12.1 Å². The highest BCUT2D eigenvalue weighted by Gasteiger charge is 2.50. The molecule has 2 fully saturated rings. The van der Waals surface area contributed by atoms with Crippen molar-refractivity contribution in [1.29, 1.82) is 0 Å². The van der Waals surface area contributed by atoms with Gasteiger partial charge in [0.05, 0.1) is 18.6 Å². The number of benzene rings is 2. The summed E-state index contributed by atoms with van der Waals surface area (Å²) in [5.74, 6) is 1.45. The maximum Gasteiger partial charge on any atom is 0.305 e. The molecular weight excluding hydrogens is 449 g/mol. The first-order valence-electron chi connectivity index (χ1n) is 13.0. The predicted octanol–water partition coefficient (Wildman–Crippen LogP) is 8.08. The van der Waals surface area contributed by atoms with Gasteiger partial charge in [-0.3, -0.25) is 10.1 Å². The highest BCUT2D eigenvalue weighted by molar-refractivity contribution is 6.83. The molecule has 2 aliphatic heterocycles. The van der Waals surface area contributed by atoms with Crippen LogP contribution in [0, 0.1) is 16.0 Å². The van der Waals surface area contributed by atoms with Gasteiger partial charge in [-0.15, -0.1) is 5.73 Å². The molecule has 0 aliphatic carbocycles. The number of non-ortho nitro benzene ring substituents is 1. The van der Waals surface area contributed by atoms with Gasteiger partial charge in [0.15, 0.2) is 0 Å². The molecule has 2 aliphatic rings. The maximum atomic E-state index is 11.3. The second-order valence-electron chi connectivity index (χ2n) is 11.5. The zero-order valence-electron chi connectivity index (χ0n) is 21.6. The van der Waals surface area contributed by atoms with Crippen LogP contribution in [0.15, 0.2) is 72.1 Å². The van der Waals surface area contributed by atoms with Crippen molar-refractivity contribution in [3.05, 3.63) is 93.3 Å². The van der Waals surface area contributed by atoms with E-state index in [1.807, 2.05) is 12.1 Å². The Morgan fingerprint density at radius 3 is 2.17 bits per heavy atom. The van der Waals surface area contributed by atoms with Crippen molar-refractivity contribution in [2.24, 2.45) is 5.92 Å². The van der Waals surface area contributed by atoms with E-state index in [-0.39, 0.29) is 17.5 Å². The number of hydrogen-bond acceptors (Lipinski definition) is 3. The molecule has 0 spiro atoms. The molecule has 0 radical (unpaired) electrons. The molecule has 4 rings (SSSR count). The van der Waals surface area contributed by atoms with Gasteiger partial charge < -0.3 is 4.65 Å². The van der Waals surface area contributed by atoms with E-state index < -0.39 is 13.7 Å². The first-order chi connectivity index (χ1) is 16.6. The lowest BCUT2D eigenvalue weighted by atomic mass is 9.43. The molecule has 6 heteroatoms. The minimum atomic E-state index is -1.89. The summed E-state index contributed by atoms with van der Waals surface area (Å²) < 4.78 is 7.43. The summed E-state index contributed by atoms with van der Waals surface area (Å²) in [6.07, 6.45) is 7.41. The van der Waals surface area contributed by atoms with E-state index in [2.05, 4.69) is 69.2 Å². The van der Waals surface area contributed by atoms with Gasteiger partial charge in [-0.1, -0.05) is 95.1 Å². The van der Waals surface area contributed by atoms with Gasteiger partial charge in [-0.2, -0.15) is 0 Å². The molecule has 4 nitrogen and oxygen atoms in total. The fourth-order valence-electron chi connectivity index (χ4n) is 6.72. The SMILES string of the molecule is C=C=C([C@](C)(OB1C2CCCC(CCC2)[C@H]1c1ccccc1)c1ccc([N+](=O)[O-])cc1)[Si](C)(C)C. The Balaban J connectivity index is 1.85. The van der Waals surface area contributed by atoms with Crippen LogP contribution in [0.5, 0.6) is 0 Å². The van der Waals surface area contributed by atoms with E-state index in [9.17, 15) is 10.1 Å². The Morgan fingerprint density at radius 2 is 1.66 bits per heavy atom. The maximum absolute atomic E-state index is 11.3. The average Bonchev–Trinajstić information content (AvgIpc) is 3.07. The van der Waals surface area contributed by atoms with Gasteiger partial charge in [0.1, 0.15) is 0 Å². The summed E-state index contributed by atoms with van der Waals surface area (Å²) in [7, 11) is -1.89. The highest BCUT2D eigenvalue weighted by Crippen LogP contribution is 2.51. The van der Waals surface area contributed by atoms with Gasteiger partial charge in [0.2, 0.25) is 0 Å². The number of hydrogen-bond donors (Lipinski definition) is 0. The molecular formula is C29H38BNO3Si. The van der Waals surface area contributed by atoms with Crippen LogP contribution in [-0.4, -0.2) is 19.9 Å². The van der Waals surface area contributed by atoms with E-state index in [0.29, 0.717) is 17.6 Å². The first kappa shape index (κ1) is 25.7. The molecule has 2 aromatic rings. The summed E-state index contributed by atoms with van der Waals surface area (Å²) in [6.45, 7) is 13.2. The molecule has 2 aromatic carbocycles. The predicted molar refractivity (Wildman–Crippen MR) is 147 cm³/mol. The number of fused-ring (bicyclic) bond motifs is 3. The number of nitro groups is 1. The van der Waals surface area contributed by atoms with Crippen LogP contribution >= 0.6 is 0 Å². The van der Waals surface area contributed by atoms with Crippen molar-refractivity contribution in [1.82, 2.24) is 0 Å². The molecule has 0 saturated carbocycles. The summed E-state index contributed by atoms with van der Waals surface area (Å²) in [6, 6.07) is 17.9. The Kier molecular flexibility index (Phi) is 7.56. The number of rotatable bonds is 7. The molecule has 0 amide bonds. The minimum Gasteiger partial charge on any atom is -0.422 e. The molecule has 184 valence electrons. The molecule has 35 heavy (non-hydrogen) atoms. The lowest BCUT2D eigenvalue weighted by Gasteiger charge is -2.43. The zero-order valence-corrected chi connectivity index (χ0v) is 22.6. The molecule has 2 bridgehead atoms. The lowest BCUT2D eigenvalue weighted by Crippen LogP contribution is -2.47. The van der Waals surface area contributed by atoms with Crippen molar-refractivity contribution in [2.75, 3.05) is 0 Å². The molecule has 2 atom stereocenters. The van der Waals surface area contributed by atoms with Gasteiger partial charge in [-0.05, 0) is 52.9 Å². The standard InChI is InChI=1S/C29H38BNO3Si/c1-6-27(35(3,4)5)29(2,24-18-20-26(21-19-24)31(32)33)34-30-25-16-10-14-23(15-11-17-25)28(30)22-12-8-7-9-13-22/h7-9,12-13,18-21,23,25,28H,1,10-11,14-17H2,2-5H3/t23?,25?,28-,29-/m1/s1. The third-order valence-corrected chi connectivity index (χ3v) is 10.4. The van der Waals surface area contributed by atoms with E-state index in [1.165, 1.54) is 44.1 Å². The third kappa shape index (κ3) is 5.25. The van der Waals surface area contributed by atoms with Crippen molar-refractivity contribution in [3.8, 4) is 0 Å². The van der Waals surface area contributed by atoms with E-state index in [4.69, 9.17) is 4.65 Å². The smallest absolute Gasteiger partial charge is 0.305 e. The topological polar surface area (TPSA) is 52.4 Å². The Labute approximate surface area is 211 Å². The monoisotopic (exact) mass is 487 g/mol. The zero-order chi connectivity index (χ0) is 25.2. The van der Waals surface area contributed by atoms with E-state index >= 15 is 0 Å².